The monoisotopic (exact) mass is 471 g/mol. The number of hydrogen-bond acceptors (Lipinski definition) is 5. The zero-order valence-corrected chi connectivity index (χ0v) is 20.9. The summed E-state index contributed by atoms with van der Waals surface area (Å²) in [6, 6.07) is 20.2. The number of thiazole rings is 1. The molecule has 0 aliphatic heterocycles. The summed E-state index contributed by atoms with van der Waals surface area (Å²) in [7, 11) is 0. The number of fused-ring (bicyclic) bond motifs is 1. The van der Waals surface area contributed by atoms with E-state index in [0.717, 1.165) is 21.8 Å². The SMILES string of the molecule is CC(=O)COc1ccc(C(=O)CCc2sc(-c3ccc4ccccc4c3)nc2C(C)C)cc1C. The number of ether oxygens (including phenoxy) is 1. The number of carbonyl (C=O) groups is 2. The van der Waals surface area contributed by atoms with Gasteiger partial charge in [-0.3, -0.25) is 9.59 Å². The van der Waals surface area contributed by atoms with Gasteiger partial charge in [0, 0.05) is 22.4 Å². The first-order valence-electron chi connectivity index (χ1n) is 11.6. The van der Waals surface area contributed by atoms with Crippen LogP contribution < -0.4 is 4.74 Å². The minimum atomic E-state index is -0.0341. The fraction of sp³-hybridized carbons (Fsp3) is 0.276. The van der Waals surface area contributed by atoms with Gasteiger partial charge in [-0.15, -0.1) is 11.3 Å². The molecule has 0 saturated carbocycles. The molecule has 4 nitrogen and oxygen atoms in total. The second-order valence-electron chi connectivity index (χ2n) is 8.94. The number of rotatable bonds is 9. The maximum Gasteiger partial charge on any atom is 0.167 e. The highest BCUT2D eigenvalue weighted by Gasteiger charge is 2.18. The van der Waals surface area contributed by atoms with E-state index in [1.165, 1.54) is 22.6 Å². The highest BCUT2D eigenvalue weighted by Crippen LogP contribution is 2.34. The summed E-state index contributed by atoms with van der Waals surface area (Å²) in [6.07, 6.45) is 1.09. The number of benzene rings is 3. The summed E-state index contributed by atoms with van der Waals surface area (Å²) in [4.78, 5) is 30.2. The summed E-state index contributed by atoms with van der Waals surface area (Å²) in [5.41, 5.74) is 3.70. The topological polar surface area (TPSA) is 56.3 Å². The first-order chi connectivity index (χ1) is 16.3. The van der Waals surface area contributed by atoms with Gasteiger partial charge in [0.25, 0.3) is 0 Å². The Morgan fingerprint density at radius 1 is 1.00 bits per heavy atom. The largest absolute Gasteiger partial charge is 0.486 e. The second kappa shape index (κ2) is 10.3. The molecular formula is C29H29NO3S. The van der Waals surface area contributed by atoms with Gasteiger partial charge in [0.15, 0.2) is 11.6 Å². The van der Waals surface area contributed by atoms with Gasteiger partial charge in [-0.1, -0.05) is 50.2 Å². The van der Waals surface area contributed by atoms with Crippen LogP contribution in [0.15, 0.2) is 60.7 Å². The van der Waals surface area contributed by atoms with Crippen LogP contribution >= 0.6 is 11.3 Å². The van der Waals surface area contributed by atoms with Crippen LogP contribution in [0, 0.1) is 6.92 Å². The normalized spacial score (nSPS) is 11.2. The van der Waals surface area contributed by atoms with Gasteiger partial charge in [0.05, 0.1) is 5.69 Å². The fourth-order valence-electron chi connectivity index (χ4n) is 3.98. The summed E-state index contributed by atoms with van der Waals surface area (Å²) in [5.74, 6) is 0.983. The number of nitrogens with zero attached hydrogens (tertiary/aromatic N) is 1. The van der Waals surface area contributed by atoms with Crippen LogP contribution in [-0.4, -0.2) is 23.2 Å². The van der Waals surface area contributed by atoms with Crippen LogP contribution in [0.25, 0.3) is 21.3 Å². The molecule has 174 valence electrons. The first kappa shape index (κ1) is 23.8. The van der Waals surface area contributed by atoms with Gasteiger partial charge >= 0.3 is 0 Å². The van der Waals surface area contributed by atoms with Gasteiger partial charge < -0.3 is 4.74 Å². The Morgan fingerprint density at radius 2 is 1.76 bits per heavy atom. The van der Waals surface area contributed by atoms with E-state index in [0.29, 0.717) is 24.2 Å². The van der Waals surface area contributed by atoms with Crippen LogP contribution in [0.4, 0.5) is 0 Å². The van der Waals surface area contributed by atoms with E-state index in [1.807, 2.05) is 25.1 Å². The average Bonchev–Trinajstić information content (AvgIpc) is 3.26. The summed E-state index contributed by atoms with van der Waals surface area (Å²) < 4.78 is 5.51. The molecular weight excluding hydrogens is 442 g/mol. The van der Waals surface area contributed by atoms with Gasteiger partial charge in [0.1, 0.15) is 17.4 Å². The molecule has 1 aromatic heterocycles. The lowest BCUT2D eigenvalue weighted by Crippen LogP contribution is -2.08. The number of hydrogen-bond donors (Lipinski definition) is 0. The Hall–Kier alpha value is -3.31. The van der Waals surface area contributed by atoms with E-state index >= 15 is 0 Å². The lowest BCUT2D eigenvalue weighted by Gasteiger charge is -2.09. The third-order valence-electron chi connectivity index (χ3n) is 5.78. The Balaban J connectivity index is 1.51. The molecule has 0 atom stereocenters. The third-order valence-corrected chi connectivity index (χ3v) is 6.96. The molecule has 0 radical (unpaired) electrons. The molecule has 4 aromatic rings. The maximum absolute atomic E-state index is 12.9. The molecule has 0 saturated heterocycles. The summed E-state index contributed by atoms with van der Waals surface area (Å²) in [6.45, 7) is 7.71. The van der Waals surface area contributed by atoms with Gasteiger partial charge in [0.2, 0.25) is 0 Å². The molecule has 0 amide bonds. The lowest BCUT2D eigenvalue weighted by atomic mass is 10.0. The zero-order chi connectivity index (χ0) is 24.2. The van der Waals surface area contributed by atoms with Crippen molar-refractivity contribution in [1.29, 1.82) is 0 Å². The predicted molar refractivity (Wildman–Crippen MR) is 139 cm³/mol. The summed E-state index contributed by atoms with van der Waals surface area (Å²) in [5, 5.41) is 3.41. The summed E-state index contributed by atoms with van der Waals surface area (Å²) >= 11 is 1.69. The number of aryl methyl sites for hydroxylation is 2. The molecule has 0 fully saturated rings. The van der Waals surface area contributed by atoms with E-state index < -0.39 is 0 Å². The average molecular weight is 472 g/mol. The number of Topliss-reactive ketones (excluding diaryl/α,β-unsaturated/α-hetero) is 2. The smallest absolute Gasteiger partial charge is 0.167 e. The lowest BCUT2D eigenvalue weighted by molar-refractivity contribution is -0.118. The van der Waals surface area contributed by atoms with Crippen LogP contribution in [0.5, 0.6) is 5.75 Å². The van der Waals surface area contributed by atoms with Crippen LogP contribution in [0.1, 0.15) is 59.6 Å². The van der Waals surface area contributed by atoms with E-state index in [9.17, 15) is 9.59 Å². The molecule has 3 aromatic carbocycles. The molecule has 1 heterocycles. The van der Waals surface area contributed by atoms with Crippen molar-refractivity contribution in [2.45, 2.75) is 46.5 Å². The first-order valence-corrected chi connectivity index (χ1v) is 12.4. The van der Waals surface area contributed by atoms with Crippen molar-refractivity contribution in [2.75, 3.05) is 6.61 Å². The molecule has 0 aliphatic rings. The maximum atomic E-state index is 12.9. The number of ketones is 2. The second-order valence-corrected chi connectivity index (χ2v) is 10.0. The van der Waals surface area contributed by atoms with Gasteiger partial charge in [-0.25, -0.2) is 4.98 Å². The van der Waals surface area contributed by atoms with E-state index in [2.05, 4.69) is 44.2 Å². The Morgan fingerprint density at radius 3 is 2.47 bits per heavy atom. The third kappa shape index (κ3) is 5.42. The molecule has 0 unspecified atom stereocenters. The Bertz CT molecular complexity index is 1350. The number of carbonyl (C=O) groups excluding carboxylic acids is 2. The van der Waals surface area contributed by atoms with E-state index in [-0.39, 0.29) is 24.1 Å². The molecule has 5 heteroatoms. The predicted octanol–water partition coefficient (Wildman–Crippen LogP) is 7.18. The van der Waals surface area contributed by atoms with Crippen molar-refractivity contribution < 1.29 is 14.3 Å². The van der Waals surface area contributed by atoms with Crippen molar-refractivity contribution in [1.82, 2.24) is 4.98 Å². The molecule has 34 heavy (non-hydrogen) atoms. The number of aromatic nitrogens is 1. The van der Waals surface area contributed by atoms with Gasteiger partial charge in [-0.2, -0.15) is 0 Å². The minimum absolute atomic E-state index is 0.0341. The Kier molecular flexibility index (Phi) is 7.23. The van der Waals surface area contributed by atoms with Crippen molar-refractivity contribution in [3.05, 3.63) is 82.4 Å². The van der Waals surface area contributed by atoms with Crippen molar-refractivity contribution in [3.63, 3.8) is 0 Å². The Labute approximate surface area is 204 Å². The highest BCUT2D eigenvalue weighted by atomic mass is 32.1. The zero-order valence-electron chi connectivity index (χ0n) is 20.1. The molecule has 0 N–H and O–H groups in total. The van der Waals surface area contributed by atoms with Crippen molar-refractivity contribution >= 4 is 33.7 Å². The van der Waals surface area contributed by atoms with Crippen molar-refractivity contribution in [2.24, 2.45) is 0 Å². The van der Waals surface area contributed by atoms with Crippen LogP contribution in [0.3, 0.4) is 0 Å². The molecule has 0 bridgehead atoms. The quantitative estimate of drug-likeness (QED) is 0.243. The fourth-order valence-corrected chi connectivity index (χ4v) is 5.19. The molecule has 0 aliphatic carbocycles. The molecule has 0 spiro atoms. The van der Waals surface area contributed by atoms with Crippen LogP contribution in [0.2, 0.25) is 0 Å². The highest BCUT2D eigenvalue weighted by molar-refractivity contribution is 7.15. The molecule has 4 rings (SSSR count). The van der Waals surface area contributed by atoms with Gasteiger partial charge in [-0.05, 0) is 66.8 Å². The van der Waals surface area contributed by atoms with Crippen molar-refractivity contribution in [3.8, 4) is 16.3 Å². The minimum Gasteiger partial charge on any atom is -0.486 e. The van der Waals surface area contributed by atoms with E-state index in [1.54, 1.807) is 23.5 Å². The standard InChI is InChI=1S/C29H29NO3S/c1-18(2)28-27(34-29(30-28)24-10-9-21-7-5-6-8-22(21)16-24)14-12-25(32)23-11-13-26(19(3)15-23)33-17-20(4)31/h5-11,13,15-16,18H,12,14,17H2,1-4H3. The van der Waals surface area contributed by atoms with Crippen LogP contribution in [-0.2, 0) is 11.2 Å². The van der Waals surface area contributed by atoms with E-state index in [4.69, 9.17) is 9.72 Å².